The highest BCUT2D eigenvalue weighted by Gasteiger charge is 2.06. The number of hydrogen-bond donors (Lipinski definition) is 1. The van der Waals surface area contributed by atoms with Crippen molar-refractivity contribution >= 4 is 5.97 Å². The monoisotopic (exact) mass is 237 g/mol. The minimum absolute atomic E-state index is 0.0990. The van der Waals surface area contributed by atoms with E-state index in [-0.39, 0.29) is 6.54 Å². The highest BCUT2D eigenvalue weighted by molar-refractivity contribution is 5.69. The van der Waals surface area contributed by atoms with Crippen LogP contribution in [0.2, 0.25) is 0 Å². The van der Waals surface area contributed by atoms with Crippen LogP contribution in [0.1, 0.15) is 13.3 Å². The summed E-state index contributed by atoms with van der Waals surface area (Å²) >= 11 is 0. The number of carboxylic acids is 1. The van der Waals surface area contributed by atoms with Gasteiger partial charge in [-0.05, 0) is 25.1 Å². The quantitative estimate of drug-likeness (QED) is 0.701. The summed E-state index contributed by atoms with van der Waals surface area (Å²) in [6, 6.07) is 9.62. The average Bonchev–Trinajstić information content (AvgIpc) is 2.34. The first-order valence-electron chi connectivity index (χ1n) is 5.84. The summed E-state index contributed by atoms with van der Waals surface area (Å²) in [5.41, 5.74) is 0. The Labute approximate surface area is 102 Å². The lowest BCUT2D eigenvalue weighted by Crippen LogP contribution is -2.31. The van der Waals surface area contributed by atoms with Crippen molar-refractivity contribution in [2.45, 2.75) is 13.3 Å². The van der Waals surface area contributed by atoms with Gasteiger partial charge in [-0.2, -0.15) is 0 Å². The molecule has 1 aromatic rings. The van der Waals surface area contributed by atoms with Crippen LogP contribution in [0, 0.1) is 0 Å². The summed E-state index contributed by atoms with van der Waals surface area (Å²) in [5, 5.41) is 8.68. The van der Waals surface area contributed by atoms with Crippen LogP contribution < -0.4 is 4.74 Å². The third kappa shape index (κ3) is 5.92. The average molecular weight is 237 g/mol. The fraction of sp³-hybridized carbons (Fsp3) is 0.462. The minimum Gasteiger partial charge on any atom is -0.494 e. The Morgan fingerprint density at radius 1 is 1.35 bits per heavy atom. The second-order valence-electron chi connectivity index (χ2n) is 3.78. The number of hydrogen-bond acceptors (Lipinski definition) is 3. The molecule has 0 radical (unpaired) electrons. The van der Waals surface area contributed by atoms with Crippen LogP contribution in [0.4, 0.5) is 0 Å². The Bertz CT molecular complexity index is 327. The zero-order chi connectivity index (χ0) is 12.5. The molecule has 0 bridgehead atoms. The molecule has 94 valence electrons. The smallest absolute Gasteiger partial charge is 0.317 e. The van der Waals surface area contributed by atoms with Crippen molar-refractivity contribution in [3.05, 3.63) is 30.3 Å². The molecule has 0 fully saturated rings. The van der Waals surface area contributed by atoms with E-state index in [4.69, 9.17) is 9.84 Å². The van der Waals surface area contributed by atoms with Crippen LogP contribution in [-0.2, 0) is 4.79 Å². The van der Waals surface area contributed by atoms with Gasteiger partial charge in [0.15, 0.2) is 0 Å². The van der Waals surface area contributed by atoms with E-state index in [1.54, 1.807) is 0 Å². The van der Waals surface area contributed by atoms with Gasteiger partial charge in [0.25, 0.3) is 0 Å². The van der Waals surface area contributed by atoms with E-state index in [0.29, 0.717) is 6.61 Å². The summed E-state index contributed by atoms with van der Waals surface area (Å²) in [6.07, 6.45) is 0.829. The zero-order valence-corrected chi connectivity index (χ0v) is 10.1. The molecule has 0 aliphatic rings. The van der Waals surface area contributed by atoms with Crippen molar-refractivity contribution < 1.29 is 14.6 Å². The molecule has 0 atom stereocenters. The van der Waals surface area contributed by atoms with Gasteiger partial charge < -0.3 is 9.84 Å². The molecule has 1 aromatic carbocycles. The number of carboxylic acid groups (broad SMARTS) is 1. The molecular formula is C13H19NO3. The van der Waals surface area contributed by atoms with Crippen LogP contribution in [0.25, 0.3) is 0 Å². The molecule has 17 heavy (non-hydrogen) atoms. The van der Waals surface area contributed by atoms with Crippen molar-refractivity contribution in [2.75, 3.05) is 26.2 Å². The Kier molecular flexibility index (Phi) is 6.10. The summed E-state index contributed by atoms with van der Waals surface area (Å²) in [4.78, 5) is 12.4. The predicted molar refractivity (Wildman–Crippen MR) is 66.3 cm³/mol. The summed E-state index contributed by atoms with van der Waals surface area (Å²) < 4.78 is 5.53. The first kappa shape index (κ1) is 13.5. The maximum Gasteiger partial charge on any atom is 0.317 e. The van der Waals surface area contributed by atoms with Gasteiger partial charge in [0, 0.05) is 6.54 Å². The van der Waals surface area contributed by atoms with E-state index < -0.39 is 5.97 Å². The first-order chi connectivity index (χ1) is 8.22. The Balaban J connectivity index is 2.16. The number of nitrogens with zero attached hydrogens (tertiary/aromatic N) is 1. The molecule has 0 aliphatic carbocycles. The fourth-order valence-corrected chi connectivity index (χ4v) is 1.54. The van der Waals surface area contributed by atoms with Crippen LogP contribution in [0.15, 0.2) is 30.3 Å². The lowest BCUT2D eigenvalue weighted by molar-refractivity contribution is -0.138. The molecule has 0 aliphatic heterocycles. The fourth-order valence-electron chi connectivity index (χ4n) is 1.54. The molecule has 0 heterocycles. The van der Waals surface area contributed by atoms with Gasteiger partial charge in [-0.15, -0.1) is 0 Å². The zero-order valence-electron chi connectivity index (χ0n) is 10.1. The van der Waals surface area contributed by atoms with Gasteiger partial charge >= 0.3 is 5.97 Å². The summed E-state index contributed by atoms with van der Waals surface area (Å²) in [6.45, 7) is 4.16. The highest BCUT2D eigenvalue weighted by Crippen LogP contribution is 2.08. The maximum atomic E-state index is 10.5. The molecule has 4 heteroatoms. The molecule has 1 rings (SSSR count). The molecule has 0 saturated carbocycles. The second kappa shape index (κ2) is 7.68. The van der Waals surface area contributed by atoms with Crippen molar-refractivity contribution in [3.63, 3.8) is 0 Å². The maximum absolute atomic E-state index is 10.5. The van der Waals surface area contributed by atoms with Crippen LogP contribution in [-0.4, -0.2) is 42.2 Å². The number of benzene rings is 1. The van der Waals surface area contributed by atoms with E-state index in [9.17, 15) is 4.79 Å². The van der Waals surface area contributed by atoms with Crippen LogP contribution >= 0.6 is 0 Å². The summed E-state index contributed by atoms with van der Waals surface area (Å²) in [7, 11) is 0. The van der Waals surface area contributed by atoms with Crippen LogP contribution in [0.5, 0.6) is 5.75 Å². The lowest BCUT2D eigenvalue weighted by Gasteiger charge is -2.17. The number of carbonyl (C=O) groups is 1. The van der Waals surface area contributed by atoms with Gasteiger partial charge in [0.05, 0.1) is 13.2 Å². The summed E-state index contributed by atoms with van der Waals surface area (Å²) in [5.74, 6) is 0.0737. The highest BCUT2D eigenvalue weighted by atomic mass is 16.5. The SMILES string of the molecule is CCN(CCCOc1ccccc1)CC(=O)O. The largest absolute Gasteiger partial charge is 0.494 e. The van der Waals surface area contributed by atoms with E-state index in [2.05, 4.69) is 0 Å². The molecule has 0 spiro atoms. The van der Waals surface area contributed by atoms with Gasteiger partial charge in [-0.3, -0.25) is 9.69 Å². The second-order valence-corrected chi connectivity index (χ2v) is 3.78. The van der Waals surface area contributed by atoms with Gasteiger partial charge in [0.2, 0.25) is 0 Å². The molecule has 4 nitrogen and oxygen atoms in total. The molecular weight excluding hydrogens is 218 g/mol. The number of rotatable bonds is 8. The number of para-hydroxylation sites is 1. The standard InChI is InChI=1S/C13H19NO3/c1-2-14(11-13(15)16)9-6-10-17-12-7-4-3-5-8-12/h3-5,7-8H,2,6,9-11H2,1H3,(H,15,16). The lowest BCUT2D eigenvalue weighted by atomic mass is 10.3. The topological polar surface area (TPSA) is 49.8 Å². The molecule has 0 aromatic heterocycles. The van der Waals surface area contributed by atoms with Gasteiger partial charge in [-0.25, -0.2) is 0 Å². The molecule has 0 unspecified atom stereocenters. The van der Waals surface area contributed by atoms with Crippen molar-refractivity contribution in [1.82, 2.24) is 4.90 Å². The van der Waals surface area contributed by atoms with Gasteiger partial charge in [-0.1, -0.05) is 25.1 Å². The van der Waals surface area contributed by atoms with E-state index in [1.165, 1.54) is 0 Å². The van der Waals surface area contributed by atoms with E-state index >= 15 is 0 Å². The van der Waals surface area contributed by atoms with Crippen LogP contribution in [0.3, 0.4) is 0 Å². The normalized spacial score (nSPS) is 10.5. The van der Waals surface area contributed by atoms with Crippen molar-refractivity contribution in [3.8, 4) is 5.75 Å². The molecule has 1 N–H and O–H groups in total. The Morgan fingerprint density at radius 2 is 2.06 bits per heavy atom. The number of likely N-dealkylation sites (N-methyl/N-ethyl adjacent to an activating group) is 1. The Hall–Kier alpha value is -1.55. The van der Waals surface area contributed by atoms with Crippen molar-refractivity contribution in [2.24, 2.45) is 0 Å². The Morgan fingerprint density at radius 3 is 2.65 bits per heavy atom. The van der Waals surface area contributed by atoms with Crippen molar-refractivity contribution in [1.29, 1.82) is 0 Å². The van der Waals surface area contributed by atoms with Gasteiger partial charge in [0.1, 0.15) is 5.75 Å². The third-order valence-electron chi connectivity index (χ3n) is 2.44. The first-order valence-corrected chi connectivity index (χ1v) is 5.84. The molecule has 0 amide bonds. The minimum atomic E-state index is -0.782. The number of aliphatic carboxylic acids is 1. The van der Waals surface area contributed by atoms with E-state index in [1.807, 2.05) is 42.2 Å². The van der Waals surface area contributed by atoms with E-state index in [0.717, 1.165) is 25.3 Å². The predicted octanol–water partition coefficient (Wildman–Crippen LogP) is 1.86. The number of ether oxygens (including phenoxy) is 1. The third-order valence-corrected chi connectivity index (χ3v) is 2.44. The molecule has 0 saturated heterocycles.